The standard InChI is InChI=1S/C14H19N3O2/c1-9(14(18)19)6-13(17(2)3)10-4-5-11-12(7-10)16-8-15-11/h4-5,7-9,13H,6H2,1-3H3,(H,15,16)(H,18,19). The molecule has 2 unspecified atom stereocenters. The van der Waals surface area contributed by atoms with E-state index in [9.17, 15) is 4.79 Å². The zero-order valence-corrected chi connectivity index (χ0v) is 11.4. The van der Waals surface area contributed by atoms with Gasteiger partial charge in [-0.15, -0.1) is 0 Å². The smallest absolute Gasteiger partial charge is 0.306 e. The number of nitrogens with one attached hydrogen (secondary N) is 1. The van der Waals surface area contributed by atoms with E-state index in [2.05, 4.69) is 14.9 Å². The minimum atomic E-state index is -0.755. The van der Waals surface area contributed by atoms with Gasteiger partial charge in [0.15, 0.2) is 0 Å². The molecule has 0 radical (unpaired) electrons. The molecule has 2 aromatic rings. The van der Waals surface area contributed by atoms with Crippen LogP contribution < -0.4 is 0 Å². The van der Waals surface area contributed by atoms with Crippen LogP contribution in [0, 0.1) is 5.92 Å². The van der Waals surface area contributed by atoms with Crippen LogP contribution in [0.15, 0.2) is 24.5 Å². The summed E-state index contributed by atoms with van der Waals surface area (Å²) in [7, 11) is 3.94. The molecule has 2 rings (SSSR count). The fourth-order valence-electron chi connectivity index (χ4n) is 2.24. The van der Waals surface area contributed by atoms with Crippen molar-refractivity contribution in [2.24, 2.45) is 5.92 Å². The van der Waals surface area contributed by atoms with Gasteiger partial charge in [-0.2, -0.15) is 0 Å². The number of aliphatic carboxylic acids is 1. The van der Waals surface area contributed by atoms with E-state index >= 15 is 0 Å². The summed E-state index contributed by atoms with van der Waals surface area (Å²) >= 11 is 0. The van der Waals surface area contributed by atoms with Crippen LogP contribution in [0.3, 0.4) is 0 Å². The van der Waals surface area contributed by atoms with Crippen LogP contribution in [-0.4, -0.2) is 40.0 Å². The zero-order chi connectivity index (χ0) is 14.0. The molecular formula is C14H19N3O2. The van der Waals surface area contributed by atoms with E-state index in [1.807, 2.05) is 32.3 Å². The minimum absolute atomic E-state index is 0.0822. The maximum absolute atomic E-state index is 11.0. The lowest BCUT2D eigenvalue weighted by atomic mass is 9.95. The Balaban J connectivity index is 2.29. The average molecular weight is 261 g/mol. The molecule has 19 heavy (non-hydrogen) atoms. The lowest BCUT2D eigenvalue weighted by Crippen LogP contribution is -2.24. The third kappa shape index (κ3) is 2.93. The number of carboxylic acid groups (broad SMARTS) is 1. The second kappa shape index (κ2) is 5.40. The van der Waals surface area contributed by atoms with E-state index in [1.54, 1.807) is 13.3 Å². The Bertz CT molecular complexity index is 577. The summed E-state index contributed by atoms with van der Waals surface area (Å²) in [5.41, 5.74) is 3.01. The molecule has 0 spiro atoms. The van der Waals surface area contributed by atoms with Crippen molar-refractivity contribution in [3.05, 3.63) is 30.1 Å². The van der Waals surface area contributed by atoms with Crippen molar-refractivity contribution in [1.29, 1.82) is 0 Å². The number of aromatic amines is 1. The van der Waals surface area contributed by atoms with E-state index in [1.165, 1.54) is 0 Å². The molecule has 0 aliphatic rings. The second-order valence-corrected chi connectivity index (χ2v) is 5.13. The fraction of sp³-hybridized carbons (Fsp3) is 0.429. The van der Waals surface area contributed by atoms with Crippen LogP contribution in [0.25, 0.3) is 11.0 Å². The lowest BCUT2D eigenvalue weighted by Gasteiger charge is -2.26. The Morgan fingerprint density at radius 2 is 2.21 bits per heavy atom. The maximum atomic E-state index is 11.0. The van der Waals surface area contributed by atoms with Gasteiger partial charge in [0.1, 0.15) is 0 Å². The van der Waals surface area contributed by atoms with Crippen LogP contribution in [0.2, 0.25) is 0 Å². The summed E-state index contributed by atoms with van der Waals surface area (Å²) in [5.74, 6) is -1.13. The van der Waals surface area contributed by atoms with Gasteiger partial charge in [0, 0.05) is 6.04 Å². The molecule has 0 amide bonds. The number of carbonyl (C=O) groups is 1. The summed E-state index contributed by atoms with van der Waals surface area (Å²) < 4.78 is 0. The highest BCUT2D eigenvalue weighted by atomic mass is 16.4. The van der Waals surface area contributed by atoms with E-state index in [4.69, 9.17) is 5.11 Å². The van der Waals surface area contributed by atoms with E-state index < -0.39 is 5.97 Å². The molecular weight excluding hydrogens is 242 g/mol. The van der Waals surface area contributed by atoms with Crippen molar-refractivity contribution < 1.29 is 9.90 Å². The van der Waals surface area contributed by atoms with Gasteiger partial charge in [-0.05, 0) is 38.2 Å². The Morgan fingerprint density at radius 3 is 2.84 bits per heavy atom. The van der Waals surface area contributed by atoms with Gasteiger partial charge in [-0.1, -0.05) is 13.0 Å². The maximum Gasteiger partial charge on any atom is 0.306 e. The molecule has 0 aliphatic carbocycles. The fourth-order valence-corrected chi connectivity index (χ4v) is 2.24. The number of imidazole rings is 1. The van der Waals surface area contributed by atoms with Crippen LogP contribution in [0.1, 0.15) is 24.9 Å². The number of aromatic nitrogens is 2. The Labute approximate surface area is 112 Å². The van der Waals surface area contributed by atoms with Gasteiger partial charge in [0.05, 0.1) is 23.3 Å². The van der Waals surface area contributed by atoms with Gasteiger partial charge >= 0.3 is 5.97 Å². The third-order valence-corrected chi connectivity index (χ3v) is 3.45. The monoisotopic (exact) mass is 261 g/mol. The van der Waals surface area contributed by atoms with Crippen molar-refractivity contribution in [3.8, 4) is 0 Å². The number of hydrogen-bond donors (Lipinski definition) is 2. The number of benzene rings is 1. The van der Waals surface area contributed by atoms with Gasteiger partial charge in [0.25, 0.3) is 0 Å². The summed E-state index contributed by atoms with van der Waals surface area (Å²) in [6.45, 7) is 1.74. The average Bonchev–Trinajstić information content (AvgIpc) is 2.81. The first-order valence-electron chi connectivity index (χ1n) is 6.31. The molecule has 2 N–H and O–H groups in total. The molecule has 0 aliphatic heterocycles. The number of nitrogens with zero attached hydrogens (tertiary/aromatic N) is 2. The van der Waals surface area contributed by atoms with Crippen LogP contribution >= 0.6 is 0 Å². The summed E-state index contributed by atoms with van der Waals surface area (Å²) in [6.07, 6.45) is 2.25. The van der Waals surface area contributed by atoms with E-state index in [0.717, 1.165) is 16.6 Å². The summed E-state index contributed by atoms with van der Waals surface area (Å²) in [6, 6.07) is 6.10. The molecule has 5 nitrogen and oxygen atoms in total. The highest BCUT2D eigenvalue weighted by Gasteiger charge is 2.21. The normalized spacial score (nSPS) is 14.7. The predicted octanol–water partition coefficient (Wildman–Crippen LogP) is 2.28. The number of carboxylic acids is 1. The van der Waals surface area contributed by atoms with Crippen molar-refractivity contribution in [1.82, 2.24) is 14.9 Å². The van der Waals surface area contributed by atoms with Crippen LogP contribution in [-0.2, 0) is 4.79 Å². The Morgan fingerprint density at radius 1 is 1.47 bits per heavy atom. The first-order chi connectivity index (χ1) is 8.99. The molecule has 0 bridgehead atoms. The van der Waals surface area contributed by atoms with Gasteiger partial charge < -0.3 is 15.0 Å². The summed E-state index contributed by atoms with van der Waals surface area (Å²) in [5, 5.41) is 9.06. The molecule has 2 atom stereocenters. The number of rotatable bonds is 5. The van der Waals surface area contributed by atoms with Crippen molar-refractivity contribution in [2.75, 3.05) is 14.1 Å². The zero-order valence-electron chi connectivity index (χ0n) is 11.4. The van der Waals surface area contributed by atoms with E-state index in [0.29, 0.717) is 6.42 Å². The molecule has 102 valence electrons. The predicted molar refractivity (Wildman–Crippen MR) is 73.9 cm³/mol. The molecule has 1 heterocycles. The third-order valence-electron chi connectivity index (χ3n) is 3.45. The largest absolute Gasteiger partial charge is 0.481 e. The van der Waals surface area contributed by atoms with Crippen molar-refractivity contribution in [2.45, 2.75) is 19.4 Å². The molecule has 0 fully saturated rings. The van der Waals surface area contributed by atoms with Gasteiger partial charge in [0.2, 0.25) is 0 Å². The second-order valence-electron chi connectivity index (χ2n) is 5.13. The highest BCUT2D eigenvalue weighted by Crippen LogP contribution is 2.27. The van der Waals surface area contributed by atoms with E-state index in [-0.39, 0.29) is 12.0 Å². The Kier molecular flexibility index (Phi) is 3.85. The van der Waals surface area contributed by atoms with Crippen molar-refractivity contribution in [3.63, 3.8) is 0 Å². The number of fused-ring (bicyclic) bond motifs is 1. The number of H-pyrrole nitrogens is 1. The minimum Gasteiger partial charge on any atom is -0.481 e. The quantitative estimate of drug-likeness (QED) is 0.866. The SMILES string of the molecule is CC(CC(c1ccc2nc[nH]c2c1)N(C)C)C(=O)O. The molecule has 0 saturated carbocycles. The van der Waals surface area contributed by atoms with Gasteiger partial charge in [-0.3, -0.25) is 4.79 Å². The Hall–Kier alpha value is -1.88. The lowest BCUT2D eigenvalue weighted by molar-refractivity contribution is -0.141. The van der Waals surface area contributed by atoms with Crippen LogP contribution in [0.4, 0.5) is 0 Å². The molecule has 1 aromatic carbocycles. The topological polar surface area (TPSA) is 69.2 Å². The molecule has 5 heteroatoms. The van der Waals surface area contributed by atoms with Crippen LogP contribution in [0.5, 0.6) is 0 Å². The molecule has 0 saturated heterocycles. The summed E-state index contributed by atoms with van der Waals surface area (Å²) in [4.78, 5) is 20.4. The first kappa shape index (κ1) is 13.5. The highest BCUT2D eigenvalue weighted by molar-refractivity contribution is 5.75. The molecule has 1 aromatic heterocycles. The van der Waals surface area contributed by atoms with Gasteiger partial charge in [-0.25, -0.2) is 4.98 Å². The first-order valence-corrected chi connectivity index (χ1v) is 6.31. The number of hydrogen-bond acceptors (Lipinski definition) is 3. The van der Waals surface area contributed by atoms with Crippen molar-refractivity contribution >= 4 is 17.0 Å².